The first-order valence-corrected chi connectivity index (χ1v) is 5.41. The molecule has 90 valence electrons. The first-order valence-electron chi connectivity index (χ1n) is 5.41. The number of aryl methyl sites for hydroxylation is 1. The lowest BCUT2D eigenvalue weighted by atomic mass is 10.2. The van der Waals surface area contributed by atoms with Crippen LogP contribution in [0.5, 0.6) is 0 Å². The minimum Gasteiger partial charge on any atom is -0.394 e. The van der Waals surface area contributed by atoms with Gasteiger partial charge >= 0.3 is 0 Å². The van der Waals surface area contributed by atoms with Crippen molar-refractivity contribution >= 4 is 5.95 Å². The Morgan fingerprint density at radius 1 is 1.65 bits per heavy atom. The topological polar surface area (TPSA) is 73.0 Å². The SMILES string of the molecule is Cc1cc(C#N)nc(N2C[C@@H](F)C[C@H]2CO)n1. The summed E-state index contributed by atoms with van der Waals surface area (Å²) in [6.45, 7) is 1.78. The van der Waals surface area contributed by atoms with E-state index in [2.05, 4.69) is 9.97 Å². The van der Waals surface area contributed by atoms with E-state index in [1.165, 1.54) is 0 Å². The van der Waals surface area contributed by atoms with Crippen molar-refractivity contribution in [3.63, 3.8) is 0 Å². The number of nitriles is 1. The maximum absolute atomic E-state index is 13.3. The highest BCUT2D eigenvalue weighted by atomic mass is 19.1. The Kier molecular flexibility index (Phi) is 3.20. The number of aliphatic hydroxyl groups excluding tert-OH is 1. The summed E-state index contributed by atoms with van der Waals surface area (Å²) in [5.41, 5.74) is 0.914. The van der Waals surface area contributed by atoms with E-state index in [4.69, 9.17) is 5.26 Å². The summed E-state index contributed by atoms with van der Waals surface area (Å²) in [5, 5.41) is 18.0. The molecule has 1 aliphatic heterocycles. The van der Waals surface area contributed by atoms with E-state index < -0.39 is 6.17 Å². The van der Waals surface area contributed by atoms with E-state index in [0.717, 1.165) is 0 Å². The smallest absolute Gasteiger partial charge is 0.227 e. The molecule has 6 heteroatoms. The van der Waals surface area contributed by atoms with Crippen LogP contribution in [0.2, 0.25) is 0 Å². The molecule has 0 unspecified atom stereocenters. The van der Waals surface area contributed by atoms with Crippen LogP contribution in [0, 0.1) is 18.3 Å². The minimum absolute atomic E-state index is 0.139. The largest absolute Gasteiger partial charge is 0.394 e. The minimum atomic E-state index is -0.984. The van der Waals surface area contributed by atoms with Gasteiger partial charge in [-0.1, -0.05) is 0 Å². The third kappa shape index (κ3) is 2.34. The molecule has 2 rings (SSSR count). The van der Waals surface area contributed by atoms with Gasteiger partial charge in [0.2, 0.25) is 5.95 Å². The average molecular weight is 236 g/mol. The predicted molar refractivity (Wildman–Crippen MR) is 59.2 cm³/mol. The zero-order valence-electron chi connectivity index (χ0n) is 9.47. The molecule has 1 N–H and O–H groups in total. The third-order valence-corrected chi connectivity index (χ3v) is 2.79. The Hall–Kier alpha value is -1.74. The molecule has 17 heavy (non-hydrogen) atoms. The standard InChI is InChI=1S/C11H13FN4O/c1-7-2-9(4-13)15-11(14-7)16-5-8(12)3-10(16)6-17/h2,8,10,17H,3,5-6H2,1H3/t8-,10-/m0/s1. The molecule has 0 aliphatic carbocycles. The molecule has 2 heterocycles. The van der Waals surface area contributed by atoms with Crippen LogP contribution in [0.4, 0.5) is 10.3 Å². The van der Waals surface area contributed by atoms with Crippen LogP contribution < -0.4 is 4.90 Å². The van der Waals surface area contributed by atoms with E-state index in [1.807, 2.05) is 6.07 Å². The van der Waals surface area contributed by atoms with Crippen molar-refractivity contribution in [1.29, 1.82) is 5.26 Å². The Bertz CT molecular complexity index is 459. The van der Waals surface area contributed by atoms with Gasteiger partial charge in [-0.25, -0.2) is 14.4 Å². The van der Waals surface area contributed by atoms with Crippen LogP contribution in [0.3, 0.4) is 0 Å². The molecule has 1 fully saturated rings. The van der Waals surface area contributed by atoms with E-state index in [9.17, 15) is 9.50 Å². The molecule has 0 bridgehead atoms. The van der Waals surface area contributed by atoms with Crippen molar-refractivity contribution in [3.8, 4) is 6.07 Å². The molecule has 1 aromatic rings. The zero-order valence-corrected chi connectivity index (χ0v) is 9.47. The lowest BCUT2D eigenvalue weighted by Gasteiger charge is -2.22. The van der Waals surface area contributed by atoms with Gasteiger partial charge in [-0.3, -0.25) is 0 Å². The summed E-state index contributed by atoms with van der Waals surface area (Å²) in [6, 6.07) is 3.20. The molecule has 0 radical (unpaired) electrons. The van der Waals surface area contributed by atoms with Gasteiger partial charge in [0.05, 0.1) is 19.2 Å². The lowest BCUT2D eigenvalue weighted by molar-refractivity contribution is 0.255. The van der Waals surface area contributed by atoms with Gasteiger partial charge < -0.3 is 10.0 Å². The molecular formula is C11H13FN4O. The van der Waals surface area contributed by atoms with E-state index in [-0.39, 0.29) is 31.3 Å². The summed E-state index contributed by atoms with van der Waals surface area (Å²) < 4.78 is 13.3. The van der Waals surface area contributed by atoms with Crippen LogP contribution in [0.15, 0.2) is 6.07 Å². The Labute approximate surface area is 98.5 Å². The van der Waals surface area contributed by atoms with Crippen molar-refractivity contribution in [2.45, 2.75) is 25.6 Å². The summed E-state index contributed by atoms with van der Waals surface area (Å²) in [4.78, 5) is 9.85. The van der Waals surface area contributed by atoms with Gasteiger partial charge in [0.25, 0.3) is 0 Å². The fourth-order valence-electron chi connectivity index (χ4n) is 2.02. The van der Waals surface area contributed by atoms with E-state index in [0.29, 0.717) is 11.6 Å². The van der Waals surface area contributed by atoms with Gasteiger partial charge in [-0.2, -0.15) is 5.26 Å². The summed E-state index contributed by atoms with van der Waals surface area (Å²) in [6.07, 6.45) is -0.711. The summed E-state index contributed by atoms with van der Waals surface area (Å²) in [5.74, 6) is 0.320. The number of aromatic nitrogens is 2. The Morgan fingerprint density at radius 3 is 3.06 bits per heavy atom. The number of rotatable bonds is 2. The first-order chi connectivity index (χ1) is 8.13. The molecule has 0 amide bonds. The fraction of sp³-hybridized carbons (Fsp3) is 0.545. The zero-order chi connectivity index (χ0) is 12.4. The molecule has 0 spiro atoms. The van der Waals surface area contributed by atoms with Crippen LogP contribution >= 0.6 is 0 Å². The second-order valence-corrected chi connectivity index (χ2v) is 4.13. The first kappa shape index (κ1) is 11.7. The second-order valence-electron chi connectivity index (χ2n) is 4.13. The van der Waals surface area contributed by atoms with Crippen LogP contribution in [0.25, 0.3) is 0 Å². The second kappa shape index (κ2) is 4.63. The number of aliphatic hydroxyl groups is 1. The summed E-state index contributed by atoms with van der Waals surface area (Å²) in [7, 11) is 0. The van der Waals surface area contributed by atoms with Gasteiger partial charge in [0.1, 0.15) is 17.9 Å². The maximum Gasteiger partial charge on any atom is 0.227 e. The van der Waals surface area contributed by atoms with Gasteiger partial charge in [-0.15, -0.1) is 0 Å². The molecule has 0 saturated carbocycles. The highest BCUT2D eigenvalue weighted by Gasteiger charge is 2.33. The van der Waals surface area contributed by atoms with Gasteiger partial charge in [0, 0.05) is 12.1 Å². The Morgan fingerprint density at radius 2 is 2.41 bits per heavy atom. The van der Waals surface area contributed by atoms with Crippen molar-refractivity contribution < 1.29 is 9.50 Å². The van der Waals surface area contributed by atoms with Crippen molar-refractivity contribution in [2.24, 2.45) is 0 Å². The van der Waals surface area contributed by atoms with Crippen molar-refractivity contribution in [2.75, 3.05) is 18.1 Å². The number of alkyl halides is 1. The molecular weight excluding hydrogens is 223 g/mol. The Balaban J connectivity index is 2.33. The monoisotopic (exact) mass is 236 g/mol. The highest BCUT2D eigenvalue weighted by molar-refractivity contribution is 5.39. The molecule has 0 aromatic carbocycles. The number of halogens is 1. The molecule has 1 aliphatic rings. The lowest BCUT2D eigenvalue weighted by Crippen LogP contribution is -2.34. The van der Waals surface area contributed by atoms with E-state index in [1.54, 1.807) is 17.9 Å². The van der Waals surface area contributed by atoms with Crippen LogP contribution in [-0.4, -0.2) is 40.4 Å². The average Bonchev–Trinajstić information content (AvgIpc) is 2.69. The number of hydrogen-bond donors (Lipinski definition) is 1. The maximum atomic E-state index is 13.3. The normalized spacial score (nSPS) is 23.8. The molecule has 1 aromatic heterocycles. The summed E-state index contributed by atoms with van der Waals surface area (Å²) >= 11 is 0. The molecule has 2 atom stereocenters. The quantitative estimate of drug-likeness (QED) is 0.812. The van der Waals surface area contributed by atoms with E-state index >= 15 is 0 Å². The highest BCUT2D eigenvalue weighted by Crippen LogP contribution is 2.24. The van der Waals surface area contributed by atoms with Crippen molar-refractivity contribution in [3.05, 3.63) is 17.5 Å². The number of hydrogen-bond acceptors (Lipinski definition) is 5. The predicted octanol–water partition coefficient (Wildman–Crippen LogP) is 0.566. The van der Waals surface area contributed by atoms with Gasteiger partial charge in [-0.05, 0) is 13.0 Å². The van der Waals surface area contributed by atoms with Crippen molar-refractivity contribution in [1.82, 2.24) is 9.97 Å². The third-order valence-electron chi connectivity index (χ3n) is 2.79. The number of anilines is 1. The fourth-order valence-corrected chi connectivity index (χ4v) is 2.02. The molecule has 5 nitrogen and oxygen atoms in total. The van der Waals surface area contributed by atoms with Crippen LogP contribution in [-0.2, 0) is 0 Å². The number of nitrogens with zero attached hydrogens (tertiary/aromatic N) is 4. The molecule has 1 saturated heterocycles. The van der Waals surface area contributed by atoms with Crippen LogP contribution in [0.1, 0.15) is 17.8 Å². The van der Waals surface area contributed by atoms with Gasteiger partial charge in [0.15, 0.2) is 0 Å².